The van der Waals surface area contributed by atoms with Gasteiger partial charge in [-0.2, -0.15) is 0 Å². The lowest BCUT2D eigenvalue weighted by molar-refractivity contribution is -0.146. The number of rotatable bonds is 4. The second-order valence-corrected chi connectivity index (χ2v) is 4.73. The molecule has 1 atom stereocenters. The van der Waals surface area contributed by atoms with E-state index in [1.165, 1.54) is 12.1 Å². The summed E-state index contributed by atoms with van der Waals surface area (Å²) in [4.78, 5) is 10.9. The summed E-state index contributed by atoms with van der Waals surface area (Å²) < 4.78 is 18.9. The van der Waals surface area contributed by atoms with Crippen molar-refractivity contribution in [2.75, 3.05) is 0 Å². The largest absolute Gasteiger partial charge is 0.478 e. The van der Waals surface area contributed by atoms with Gasteiger partial charge in [-0.15, -0.1) is 0 Å². The summed E-state index contributed by atoms with van der Waals surface area (Å²) in [6.45, 7) is 0. The Balaban J connectivity index is 2.14. The first-order valence-electron chi connectivity index (χ1n) is 4.92. The Morgan fingerprint density at radius 1 is 1.50 bits per heavy atom. The lowest BCUT2D eigenvalue weighted by Crippen LogP contribution is -2.29. The quantitative estimate of drug-likeness (QED) is 0.927. The Labute approximate surface area is 100 Å². The SMILES string of the molecule is O=C(O)C(Oc1cc(F)cc(Br)c1)C1CC1. The maximum Gasteiger partial charge on any atom is 0.345 e. The highest BCUT2D eigenvalue weighted by molar-refractivity contribution is 9.10. The zero-order chi connectivity index (χ0) is 11.7. The molecule has 0 aliphatic heterocycles. The maximum atomic E-state index is 13.0. The highest BCUT2D eigenvalue weighted by atomic mass is 79.9. The lowest BCUT2D eigenvalue weighted by atomic mass is 10.2. The minimum absolute atomic E-state index is 0.0551. The standard InChI is InChI=1S/C11H10BrFO3/c12-7-3-8(13)5-9(4-7)16-10(11(14)15)6-1-2-6/h3-6,10H,1-2H2,(H,14,15). The number of carboxylic acid groups (broad SMARTS) is 1. The van der Waals surface area contributed by atoms with Crippen LogP contribution in [0, 0.1) is 11.7 Å². The highest BCUT2D eigenvalue weighted by Crippen LogP contribution is 2.35. The molecule has 86 valence electrons. The molecule has 1 saturated carbocycles. The van der Waals surface area contributed by atoms with E-state index in [0.29, 0.717) is 4.47 Å². The summed E-state index contributed by atoms with van der Waals surface area (Å²) >= 11 is 3.13. The van der Waals surface area contributed by atoms with Gasteiger partial charge in [-0.25, -0.2) is 9.18 Å². The fraction of sp³-hybridized carbons (Fsp3) is 0.364. The van der Waals surface area contributed by atoms with E-state index in [1.54, 1.807) is 6.07 Å². The summed E-state index contributed by atoms with van der Waals surface area (Å²) in [7, 11) is 0. The van der Waals surface area contributed by atoms with Crippen molar-refractivity contribution in [2.45, 2.75) is 18.9 Å². The minimum Gasteiger partial charge on any atom is -0.478 e. The van der Waals surface area contributed by atoms with Crippen molar-refractivity contribution in [3.05, 3.63) is 28.5 Å². The molecule has 0 spiro atoms. The van der Waals surface area contributed by atoms with Crippen molar-refractivity contribution in [3.8, 4) is 5.75 Å². The summed E-state index contributed by atoms with van der Waals surface area (Å²) in [5.74, 6) is -1.15. The van der Waals surface area contributed by atoms with Crippen LogP contribution in [0.5, 0.6) is 5.75 Å². The molecular weight excluding hydrogens is 279 g/mol. The summed E-state index contributed by atoms with van der Waals surface area (Å²) in [5, 5.41) is 8.95. The van der Waals surface area contributed by atoms with Crippen LogP contribution in [0.25, 0.3) is 0 Å². The van der Waals surface area contributed by atoms with Gasteiger partial charge >= 0.3 is 5.97 Å². The maximum absolute atomic E-state index is 13.0. The summed E-state index contributed by atoms with van der Waals surface area (Å²) in [5.41, 5.74) is 0. The Bertz CT molecular complexity index is 397. The normalized spacial score (nSPS) is 16.9. The van der Waals surface area contributed by atoms with E-state index in [9.17, 15) is 9.18 Å². The van der Waals surface area contributed by atoms with Gasteiger partial charge < -0.3 is 9.84 Å². The summed E-state index contributed by atoms with van der Waals surface area (Å²) in [6.07, 6.45) is 0.842. The molecule has 0 aromatic heterocycles. The fourth-order valence-electron chi connectivity index (χ4n) is 1.49. The van der Waals surface area contributed by atoms with E-state index < -0.39 is 17.9 Å². The number of halogens is 2. The molecule has 1 unspecified atom stereocenters. The molecule has 0 amide bonds. The summed E-state index contributed by atoms with van der Waals surface area (Å²) in [6, 6.07) is 4.03. The van der Waals surface area contributed by atoms with Gasteiger partial charge in [0.1, 0.15) is 11.6 Å². The first kappa shape index (κ1) is 11.4. The van der Waals surface area contributed by atoms with Gasteiger partial charge in [-0.05, 0) is 25.0 Å². The smallest absolute Gasteiger partial charge is 0.345 e. The van der Waals surface area contributed by atoms with E-state index in [2.05, 4.69) is 15.9 Å². The Morgan fingerprint density at radius 2 is 2.19 bits per heavy atom. The van der Waals surface area contributed by atoms with Crippen LogP contribution in [0.3, 0.4) is 0 Å². The van der Waals surface area contributed by atoms with Gasteiger partial charge in [0, 0.05) is 16.5 Å². The molecule has 0 heterocycles. The lowest BCUT2D eigenvalue weighted by Gasteiger charge is -2.14. The van der Waals surface area contributed by atoms with Crippen LogP contribution in [0.2, 0.25) is 0 Å². The third-order valence-electron chi connectivity index (χ3n) is 2.39. The first-order valence-corrected chi connectivity index (χ1v) is 5.71. The molecule has 3 nitrogen and oxygen atoms in total. The molecule has 1 aromatic rings. The van der Waals surface area contributed by atoms with Crippen molar-refractivity contribution >= 4 is 21.9 Å². The fourth-order valence-corrected chi connectivity index (χ4v) is 1.93. The molecule has 2 rings (SSSR count). The van der Waals surface area contributed by atoms with Gasteiger partial charge in [0.2, 0.25) is 0 Å². The number of benzene rings is 1. The molecule has 1 N–H and O–H groups in total. The Kier molecular flexibility index (Phi) is 3.14. The molecule has 16 heavy (non-hydrogen) atoms. The van der Waals surface area contributed by atoms with Crippen molar-refractivity contribution < 1.29 is 19.0 Å². The molecule has 1 aliphatic rings. The number of carboxylic acids is 1. The first-order chi connectivity index (χ1) is 7.56. The predicted octanol–water partition coefficient (Wildman–Crippen LogP) is 2.83. The van der Waals surface area contributed by atoms with Crippen LogP contribution in [-0.2, 0) is 4.79 Å². The van der Waals surface area contributed by atoms with E-state index >= 15 is 0 Å². The number of hydrogen-bond donors (Lipinski definition) is 1. The second-order valence-electron chi connectivity index (χ2n) is 3.82. The van der Waals surface area contributed by atoms with Gasteiger partial charge in [0.15, 0.2) is 6.10 Å². The predicted molar refractivity (Wildman–Crippen MR) is 58.9 cm³/mol. The van der Waals surface area contributed by atoms with Crippen molar-refractivity contribution in [1.29, 1.82) is 0 Å². The molecule has 1 fully saturated rings. The third-order valence-corrected chi connectivity index (χ3v) is 2.85. The van der Waals surface area contributed by atoms with Crippen LogP contribution >= 0.6 is 15.9 Å². The zero-order valence-electron chi connectivity index (χ0n) is 8.32. The number of carbonyl (C=O) groups is 1. The van der Waals surface area contributed by atoms with Crippen LogP contribution in [0.15, 0.2) is 22.7 Å². The van der Waals surface area contributed by atoms with Crippen molar-refractivity contribution in [2.24, 2.45) is 5.92 Å². The van der Waals surface area contributed by atoms with E-state index in [-0.39, 0.29) is 11.7 Å². The van der Waals surface area contributed by atoms with Gasteiger partial charge in [-0.3, -0.25) is 0 Å². The van der Waals surface area contributed by atoms with Crippen LogP contribution < -0.4 is 4.74 Å². The van der Waals surface area contributed by atoms with Crippen LogP contribution in [0.4, 0.5) is 4.39 Å². The molecule has 5 heteroatoms. The topological polar surface area (TPSA) is 46.5 Å². The van der Waals surface area contributed by atoms with E-state index in [4.69, 9.17) is 9.84 Å². The van der Waals surface area contributed by atoms with Gasteiger partial charge in [0.05, 0.1) is 0 Å². The number of hydrogen-bond acceptors (Lipinski definition) is 2. The number of ether oxygens (including phenoxy) is 1. The molecule has 0 bridgehead atoms. The number of aliphatic carboxylic acids is 1. The second kappa shape index (κ2) is 4.41. The van der Waals surface area contributed by atoms with Crippen LogP contribution in [0.1, 0.15) is 12.8 Å². The molecule has 0 saturated heterocycles. The molecule has 1 aromatic carbocycles. The van der Waals surface area contributed by atoms with Crippen molar-refractivity contribution in [1.82, 2.24) is 0 Å². The third kappa shape index (κ3) is 2.72. The average molecular weight is 289 g/mol. The highest BCUT2D eigenvalue weighted by Gasteiger charge is 2.38. The zero-order valence-corrected chi connectivity index (χ0v) is 9.91. The Morgan fingerprint density at radius 3 is 2.69 bits per heavy atom. The van der Waals surface area contributed by atoms with E-state index in [0.717, 1.165) is 12.8 Å². The molecule has 0 radical (unpaired) electrons. The Hall–Kier alpha value is -1.10. The minimum atomic E-state index is -0.997. The average Bonchev–Trinajstić information content (AvgIpc) is 2.95. The van der Waals surface area contributed by atoms with Gasteiger partial charge in [-0.1, -0.05) is 15.9 Å². The van der Waals surface area contributed by atoms with Crippen molar-refractivity contribution in [3.63, 3.8) is 0 Å². The molecular formula is C11H10BrFO3. The van der Waals surface area contributed by atoms with Gasteiger partial charge in [0.25, 0.3) is 0 Å². The monoisotopic (exact) mass is 288 g/mol. The molecule has 1 aliphatic carbocycles. The van der Waals surface area contributed by atoms with Crippen LogP contribution in [-0.4, -0.2) is 17.2 Å². The van der Waals surface area contributed by atoms with E-state index in [1.807, 2.05) is 0 Å².